The van der Waals surface area contributed by atoms with E-state index >= 15 is 0 Å². The molecule has 6 nitrogen and oxygen atoms in total. The van der Waals surface area contributed by atoms with Crippen LogP contribution in [-0.4, -0.2) is 26.8 Å². The summed E-state index contributed by atoms with van der Waals surface area (Å²) in [5, 5.41) is 16.0. The first-order valence-corrected chi connectivity index (χ1v) is 7.95. The number of rotatable bonds is 6. The summed E-state index contributed by atoms with van der Waals surface area (Å²) in [6, 6.07) is 8.99. The number of hydrogen-bond donors (Lipinski definition) is 2. The number of aryl methyl sites for hydroxylation is 1. The molecule has 0 bridgehead atoms. The Morgan fingerprint density at radius 1 is 1.21 bits per heavy atom. The molecule has 1 unspecified atom stereocenters. The third-order valence-electron chi connectivity index (χ3n) is 3.92. The minimum Gasteiger partial charge on any atom is -0.481 e. The van der Waals surface area contributed by atoms with Crippen LogP contribution in [0.25, 0.3) is 0 Å². The fraction of sp³-hybridized carbons (Fsp3) is 0.389. The molecule has 0 radical (unpaired) electrons. The van der Waals surface area contributed by atoms with E-state index in [1.807, 2.05) is 19.2 Å². The topological polar surface area (TPSA) is 84.2 Å². The number of aliphatic carboxylic acids is 1. The second-order valence-electron chi connectivity index (χ2n) is 6.33. The molecule has 24 heavy (non-hydrogen) atoms. The Labute approximate surface area is 141 Å². The molecule has 128 valence electrons. The number of carboxylic acid groups (broad SMARTS) is 1. The number of nitrogens with one attached hydrogen (secondary N) is 1. The SMILES string of the molecule is CC(Cc1ccc(NC(=O)c2cc(C(C)C)n(C)n2)cc1)C(=O)O. The molecule has 0 fully saturated rings. The molecule has 1 aromatic carbocycles. The highest BCUT2D eigenvalue weighted by Crippen LogP contribution is 2.17. The minimum atomic E-state index is -0.816. The predicted octanol–water partition coefficient (Wildman–Crippen LogP) is 3.06. The Balaban J connectivity index is 2.04. The van der Waals surface area contributed by atoms with Crippen molar-refractivity contribution < 1.29 is 14.7 Å². The van der Waals surface area contributed by atoms with Crippen molar-refractivity contribution in [1.82, 2.24) is 9.78 Å². The lowest BCUT2D eigenvalue weighted by Crippen LogP contribution is -2.14. The van der Waals surface area contributed by atoms with Crippen LogP contribution < -0.4 is 5.32 Å². The quantitative estimate of drug-likeness (QED) is 0.853. The average Bonchev–Trinajstić information content (AvgIpc) is 2.91. The van der Waals surface area contributed by atoms with Gasteiger partial charge in [0.05, 0.1) is 5.92 Å². The van der Waals surface area contributed by atoms with E-state index in [0.717, 1.165) is 11.3 Å². The van der Waals surface area contributed by atoms with Crippen molar-refractivity contribution in [1.29, 1.82) is 0 Å². The number of carbonyl (C=O) groups is 2. The summed E-state index contributed by atoms with van der Waals surface area (Å²) in [6.45, 7) is 5.77. The summed E-state index contributed by atoms with van der Waals surface area (Å²) >= 11 is 0. The molecule has 2 aromatic rings. The van der Waals surface area contributed by atoms with Crippen LogP contribution in [0.3, 0.4) is 0 Å². The first-order chi connectivity index (χ1) is 11.3. The third-order valence-corrected chi connectivity index (χ3v) is 3.92. The van der Waals surface area contributed by atoms with Crippen LogP contribution in [0.4, 0.5) is 5.69 Å². The van der Waals surface area contributed by atoms with Gasteiger partial charge in [-0.3, -0.25) is 14.3 Å². The highest BCUT2D eigenvalue weighted by atomic mass is 16.4. The highest BCUT2D eigenvalue weighted by molar-refractivity contribution is 6.02. The first-order valence-electron chi connectivity index (χ1n) is 7.95. The van der Waals surface area contributed by atoms with E-state index in [4.69, 9.17) is 5.11 Å². The van der Waals surface area contributed by atoms with Crippen LogP contribution in [0.15, 0.2) is 30.3 Å². The molecule has 0 aliphatic heterocycles. The van der Waals surface area contributed by atoms with Gasteiger partial charge in [0.2, 0.25) is 0 Å². The van der Waals surface area contributed by atoms with Gasteiger partial charge in [-0.25, -0.2) is 0 Å². The van der Waals surface area contributed by atoms with Gasteiger partial charge in [-0.2, -0.15) is 5.10 Å². The Morgan fingerprint density at radius 2 is 1.83 bits per heavy atom. The smallest absolute Gasteiger partial charge is 0.306 e. The second-order valence-corrected chi connectivity index (χ2v) is 6.33. The molecule has 1 aromatic heterocycles. The van der Waals surface area contributed by atoms with Gasteiger partial charge in [-0.1, -0.05) is 32.9 Å². The zero-order valence-corrected chi connectivity index (χ0v) is 14.4. The minimum absolute atomic E-state index is 0.260. The predicted molar refractivity (Wildman–Crippen MR) is 92.2 cm³/mol. The molecule has 1 amide bonds. The lowest BCUT2D eigenvalue weighted by molar-refractivity contribution is -0.141. The summed E-state index contributed by atoms with van der Waals surface area (Å²) in [5.74, 6) is -1.22. The van der Waals surface area contributed by atoms with Crippen molar-refractivity contribution in [2.45, 2.75) is 33.1 Å². The lowest BCUT2D eigenvalue weighted by atomic mass is 10.0. The van der Waals surface area contributed by atoms with Crippen LogP contribution in [0.2, 0.25) is 0 Å². The van der Waals surface area contributed by atoms with Crippen LogP contribution in [-0.2, 0) is 18.3 Å². The highest BCUT2D eigenvalue weighted by Gasteiger charge is 2.15. The molecule has 0 aliphatic rings. The molecule has 2 rings (SSSR count). The number of benzene rings is 1. The Kier molecular flexibility index (Phi) is 5.39. The maximum absolute atomic E-state index is 12.3. The number of anilines is 1. The summed E-state index contributed by atoms with van der Waals surface area (Å²) in [6.07, 6.45) is 0.460. The van der Waals surface area contributed by atoms with Crippen molar-refractivity contribution in [3.8, 4) is 0 Å². The van der Waals surface area contributed by atoms with Gasteiger partial charge in [-0.05, 0) is 36.1 Å². The number of amides is 1. The first kappa shape index (κ1) is 17.7. The normalized spacial score (nSPS) is 12.2. The number of nitrogens with zero attached hydrogens (tertiary/aromatic N) is 2. The maximum Gasteiger partial charge on any atom is 0.306 e. The third kappa shape index (κ3) is 4.22. The molecule has 1 heterocycles. The van der Waals surface area contributed by atoms with E-state index in [0.29, 0.717) is 23.7 Å². The van der Waals surface area contributed by atoms with Gasteiger partial charge in [0.1, 0.15) is 0 Å². The summed E-state index contributed by atoms with van der Waals surface area (Å²) < 4.78 is 1.72. The summed E-state index contributed by atoms with van der Waals surface area (Å²) in [4.78, 5) is 23.2. The van der Waals surface area contributed by atoms with E-state index in [2.05, 4.69) is 24.3 Å². The van der Waals surface area contributed by atoms with Crippen molar-refractivity contribution in [2.75, 3.05) is 5.32 Å². The van der Waals surface area contributed by atoms with Crippen molar-refractivity contribution in [2.24, 2.45) is 13.0 Å². The molecule has 2 N–H and O–H groups in total. The second kappa shape index (κ2) is 7.29. The standard InChI is InChI=1S/C18H23N3O3/c1-11(2)16-10-15(20-21(16)4)17(22)19-14-7-5-13(6-8-14)9-12(3)18(23)24/h5-8,10-12H,9H2,1-4H3,(H,19,22)(H,23,24). The van der Waals surface area contributed by atoms with Gasteiger partial charge >= 0.3 is 5.97 Å². The van der Waals surface area contributed by atoms with E-state index < -0.39 is 11.9 Å². The van der Waals surface area contributed by atoms with E-state index in [9.17, 15) is 9.59 Å². The zero-order chi connectivity index (χ0) is 17.9. The van der Waals surface area contributed by atoms with Crippen LogP contribution >= 0.6 is 0 Å². The van der Waals surface area contributed by atoms with E-state index in [1.54, 1.807) is 29.8 Å². The maximum atomic E-state index is 12.3. The molecule has 1 atom stereocenters. The van der Waals surface area contributed by atoms with Crippen LogP contribution in [0, 0.1) is 5.92 Å². The van der Waals surface area contributed by atoms with Crippen molar-refractivity contribution >= 4 is 17.6 Å². The van der Waals surface area contributed by atoms with Crippen molar-refractivity contribution in [3.05, 3.63) is 47.3 Å². The fourth-order valence-electron chi connectivity index (χ4n) is 2.49. The Bertz CT molecular complexity index is 732. The molecular formula is C18H23N3O3. The van der Waals surface area contributed by atoms with E-state index in [1.165, 1.54) is 0 Å². The van der Waals surface area contributed by atoms with Gasteiger partial charge in [0, 0.05) is 18.4 Å². The van der Waals surface area contributed by atoms with Crippen molar-refractivity contribution in [3.63, 3.8) is 0 Å². The monoisotopic (exact) mass is 329 g/mol. The number of carboxylic acids is 1. The Hall–Kier alpha value is -2.63. The van der Waals surface area contributed by atoms with Gasteiger partial charge in [-0.15, -0.1) is 0 Å². The van der Waals surface area contributed by atoms with Gasteiger partial charge in [0.15, 0.2) is 5.69 Å². The zero-order valence-electron chi connectivity index (χ0n) is 14.4. The largest absolute Gasteiger partial charge is 0.481 e. The molecule has 6 heteroatoms. The molecule has 0 saturated heterocycles. The molecule has 0 spiro atoms. The summed E-state index contributed by atoms with van der Waals surface area (Å²) in [7, 11) is 1.82. The fourth-order valence-corrected chi connectivity index (χ4v) is 2.49. The molecule has 0 saturated carbocycles. The Morgan fingerprint density at radius 3 is 2.33 bits per heavy atom. The summed E-state index contributed by atoms with van der Waals surface area (Å²) in [5.41, 5.74) is 2.95. The lowest BCUT2D eigenvalue weighted by Gasteiger charge is -2.08. The number of carbonyl (C=O) groups excluding carboxylic acids is 1. The van der Waals surface area contributed by atoms with E-state index in [-0.39, 0.29) is 5.91 Å². The van der Waals surface area contributed by atoms with Gasteiger partial charge in [0.25, 0.3) is 5.91 Å². The molecule has 0 aliphatic carbocycles. The van der Waals surface area contributed by atoms with Crippen LogP contribution in [0.5, 0.6) is 0 Å². The molecular weight excluding hydrogens is 306 g/mol. The number of hydrogen-bond acceptors (Lipinski definition) is 3. The van der Waals surface area contributed by atoms with Crippen LogP contribution in [0.1, 0.15) is 48.4 Å². The number of aromatic nitrogens is 2. The van der Waals surface area contributed by atoms with Gasteiger partial charge < -0.3 is 10.4 Å². The average molecular weight is 329 g/mol.